The molecule has 0 saturated carbocycles. The van der Waals surface area contributed by atoms with Crippen molar-refractivity contribution in [3.8, 4) is 0 Å². The second-order valence-corrected chi connectivity index (χ2v) is 13.5. The zero-order valence-electron chi connectivity index (χ0n) is 24.1. The largest absolute Gasteiger partial charge is 0.311 e. The normalized spacial score (nSPS) is 17.2. The van der Waals surface area contributed by atoms with Gasteiger partial charge in [-0.25, -0.2) is 0 Å². The van der Waals surface area contributed by atoms with Gasteiger partial charge in [0.2, 0.25) is 0 Å². The van der Waals surface area contributed by atoms with E-state index < -0.39 is 0 Å². The third kappa shape index (κ3) is 2.65. The van der Waals surface area contributed by atoms with Gasteiger partial charge in [-0.05, 0) is 161 Å². The van der Waals surface area contributed by atoms with Crippen LogP contribution in [0.3, 0.4) is 0 Å². The van der Waals surface area contributed by atoms with Crippen molar-refractivity contribution < 1.29 is 0 Å². The predicted octanol–water partition coefficient (Wildman–Crippen LogP) is 6.47. The highest BCUT2D eigenvalue weighted by Crippen LogP contribution is 2.50. The fraction of sp³-hybridized carbons (Fsp3) is 0.231. The number of hydrogen-bond acceptors (Lipinski definition) is 2. The number of benzene rings is 5. The maximum Gasteiger partial charge on any atom is 0.252 e. The van der Waals surface area contributed by atoms with Crippen LogP contribution in [0.4, 0.5) is 34.1 Å². The van der Waals surface area contributed by atoms with Crippen LogP contribution in [0.15, 0.2) is 72.8 Å². The minimum atomic E-state index is 0.256. The van der Waals surface area contributed by atoms with E-state index >= 15 is 0 Å². The van der Waals surface area contributed by atoms with Crippen LogP contribution in [-0.4, -0.2) is 6.71 Å². The molecule has 2 aliphatic heterocycles. The first-order chi connectivity index (χ1) is 20.7. The van der Waals surface area contributed by atoms with Crippen LogP contribution in [0, 0.1) is 6.92 Å². The average molecular weight is 539 g/mol. The molecule has 0 radical (unpaired) electrons. The fourth-order valence-corrected chi connectivity index (χ4v) is 8.91. The van der Waals surface area contributed by atoms with Crippen molar-refractivity contribution in [3.63, 3.8) is 0 Å². The number of fused-ring (bicyclic) bond motifs is 9. The summed E-state index contributed by atoms with van der Waals surface area (Å²) in [5, 5.41) is 0. The molecule has 2 heterocycles. The van der Waals surface area contributed by atoms with Crippen molar-refractivity contribution in [2.75, 3.05) is 9.80 Å². The molecular weight excluding hydrogens is 507 g/mol. The summed E-state index contributed by atoms with van der Waals surface area (Å²) in [4.78, 5) is 5.33. The summed E-state index contributed by atoms with van der Waals surface area (Å²) in [5.41, 5.74) is 26.5. The molecule has 0 atom stereocenters. The summed E-state index contributed by atoms with van der Waals surface area (Å²) in [6, 6.07) is 29.3. The lowest BCUT2D eigenvalue weighted by molar-refractivity contribution is 0.826. The standard InChI is InChI=1S/C39H31BN2/c1-22-17-36-38-37(18-22)42(34-4-2-3-24-10-14-30(24)34)39-31-15-11-25(31)12-16-32(39)40(38)33-20-27-7-8-28(27)21-35(33)41(36)29-13-9-23-5-6-26(23)19-29/h2-4,9,12-13,16-21H,5-8,10-11,14-15H2,1H3. The molecule has 5 aromatic carbocycles. The van der Waals surface area contributed by atoms with Gasteiger partial charge in [0, 0.05) is 34.1 Å². The third-order valence-electron chi connectivity index (χ3n) is 11.5. The first-order valence-electron chi connectivity index (χ1n) is 16.0. The Balaban J connectivity index is 1.26. The number of rotatable bonds is 2. The molecule has 0 bridgehead atoms. The van der Waals surface area contributed by atoms with Crippen LogP contribution in [-0.2, 0) is 51.4 Å². The topological polar surface area (TPSA) is 6.48 Å². The van der Waals surface area contributed by atoms with Crippen molar-refractivity contribution in [3.05, 3.63) is 123 Å². The fourth-order valence-electron chi connectivity index (χ4n) is 8.91. The molecule has 2 nitrogen and oxygen atoms in total. The zero-order chi connectivity index (χ0) is 27.3. The van der Waals surface area contributed by atoms with E-state index in [2.05, 4.69) is 89.5 Å². The summed E-state index contributed by atoms with van der Waals surface area (Å²) >= 11 is 0. The Bertz CT molecular complexity index is 2090. The van der Waals surface area contributed by atoms with Gasteiger partial charge in [-0.15, -0.1) is 0 Å². The molecule has 0 unspecified atom stereocenters. The minimum absolute atomic E-state index is 0.256. The highest BCUT2D eigenvalue weighted by Gasteiger charge is 2.46. The molecular formula is C39H31BN2. The first kappa shape index (κ1) is 22.4. The van der Waals surface area contributed by atoms with Crippen molar-refractivity contribution in [1.29, 1.82) is 0 Å². The van der Waals surface area contributed by atoms with E-state index in [1.165, 1.54) is 130 Å². The quantitative estimate of drug-likeness (QED) is 0.233. The Labute approximate surface area is 247 Å². The predicted molar refractivity (Wildman–Crippen MR) is 175 cm³/mol. The van der Waals surface area contributed by atoms with Crippen molar-refractivity contribution in [2.45, 2.75) is 58.3 Å². The molecule has 0 N–H and O–H groups in total. The van der Waals surface area contributed by atoms with Crippen LogP contribution >= 0.6 is 0 Å². The molecule has 0 amide bonds. The number of anilines is 6. The summed E-state index contributed by atoms with van der Waals surface area (Å²) in [6.45, 7) is 2.56. The minimum Gasteiger partial charge on any atom is -0.311 e. The molecule has 11 rings (SSSR count). The summed E-state index contributed by atoms with van der Waals surface area (Å²) < 4.78 is 0. The number of hydrogen-bond donors (Lipinski definition) is 0. The maximum atomic E-state index is 2.70. The van der Waals surface area contributed by atoms with Crippen molar-refractivity contribution in [2.24, 2.45) is 0 Å². The van der Waals surface area contributed by atoms with E-state index in [0.717, 1.165) is 0 Å². The molecule has 3 heteroatoms. The Morgan fingerprint density at radius 1 is 0.500 bits per heavy atom. The van der Waals surface area contributed by atoms with E-state index in [1.807, 2.05) is 0 Å². The lowest BCUT2D eigenvalue weighted by atomic mass is 9.33. The molecule has 200 valence electrons. The van der Waals surface area contributed by atoms with E-state index in [9.17, 15) is 0 Å². The SMILES string of the molecule is Cc1cc2c3c(c1)N(c1cccc4c1CC4)c1c(ccc4c1CC4)B3c1cc3c(cc1N2c1ccc2c(c1)CC2)CC3. The van der Waals surface area contributed by atoms with Crippen LogP contribution in [0.25, 0.3) is 0 Å². The summed E-state index contributed by atoms with van der Waals surface area (Å²) in [7, 11) is 0. The van der Waals surface area contributed by atoms with E-state index in [0.29, 0.717) is 0 Å². The van der Waals surface area contributed by atoms with E-state index in [-0.39, 0.29) is 6.71 Å². The van der Waals surface area contributed by atoms with Crippen LogP contribution in [0.5, 0.6) is 0 Å². The van der Waals surface area contributed by atoms with Gasteiger partial charge < -0.3 is 9.80 Å². The highest BCUT2D eigenvalue weighted by atomic mass is 15.2. The van der Waals surface area contributed by atoms with Gasteiger partial charge in [0.05, 0.1) is 0 Å². The van der Waals surface area contributed by atoms with Gasteiger partial charge in [0.25, 0.3) is 6.71 Å². The lowest BCUT2D eigenvalue weighted by Gasteiger charge is -2.47. The second kappa shape index (κ2) is 7.58. The molecule has 0 fully saturated rings. The molecule has 42 heavy (non-hydrogen) atoms. The Kier molecular flexibility index (Phi) is 4.04. The highest BCUT2D eigenvalue weighted by molar-refractivity contribution is 7.00. The van der Waals surface area contributed by atoms with Gasteiger partial charge in [-0.1, -0.05) is 36.4 Å². The van der Waals surface area contributed by atoms with E-state index in [4.69, 9.17) is 0 Å². The molecule has 0 aromatic heterocycles. The van der Waals surface area contributed by atoms with Crippen molar-refractivity contribution in [1.82, 2.24) is 0 Å². The Morgan fingerprint density at radius 2 is 1.19 bits per heavy atom. The van der Waals surface area contributed by atoms with Gasteiger partial charge in [-0.2, -0.15) is 0 Å². The Hall–Kier alpha value is -4.24. The number of aryl methyl sites for hydroxylation is 7. The molecule has 5 aromatic rings. The van der Waals surface area contributed by atoms with Gasteiger partial charge in [0.1, 0.15) is 0 Å². The molecule has 0 saturated heterocycles. The maximum absolute atomic E-state index is 2.70. The van der Waals surface area contributed by atoms with Gasteiger partial charge >= 0.3 is 0 Å². The third-order valence-corrected chi connectivity index (χ3v) is 11.5. The monoisotopic (exact) mass is 538 g/mol. The second-order valence-electron chi connectivity index (χ2n) is 13.5. The lowest BCUT2D eigenvalue weighted by Crippen LogP contribution is -2.62. The first-order valence-corrected chi connectivity index (χ1v) is 16.0. The summed E-state index contributed by atoms with van der Waals surface area (Å²) in [6.07, 6.45) is 9.61. The van der Waals surface area contributed by atoms with Gasteiger partial charge in [-0.3, -0.25) is 0 Å². The van der Waals surface area contributed by atoms with Crippen LogP contribution in [0.2, 0.25) is 0 Å². The van der Waals surface area contributed by atoms with Crippen molar-refractivity contribution >= 4 is 57.2 Å². The average Bonchev–Trinajstić information content (AvgIpc) is 2.91. The molecule has 0 spiro atoms. The van der Waals surface area contributed by atoms with E-state index in [1.54, 1.807) is 22.3 Å². The zero-order valence-corrected chi connectivity index (χ0v) is 24.1. The molecule has 6 aliphatic rings. The smallest absolute Gasteiger partial charge is 0.252 e. The molecule has 4 aliphatic carbocycles. The number of nitrogens with zero attached hydrogens (tertiary/aromatic N) is 2. The Morgan fingerprint density at radius 3 is 1.93 bits per heavy atom. The van der Waals surface area contributed by atoms with Crippen LogP contribution < -0.4 is 26.2 Å². The summed E-state index contributed by atoms with van der Waals surface area (Å²) in [5.74, 6) is 0. The van der Waals surface area contributed by atoms with Crippen LogP contribution in [0.1, 0.15) is 50.1 Å². The van der Waals surface area contributed by atoms with Gasteiger partial charge in [0.15, 0.2) is 0 Å².